The predicted octanol–water partition coefficient (Wildman–Crippen LogP) is 5.96. The Morgan fingerprint density at radius 3 is 2.29 bits per heavy atom. The number of anilines is 1. The summed E-state index contributed by atoms with van der Waals surface area (Å²) in [5.41, 5.74) is 2.22. The van der Waals surface area contributed by atoms with Crippen LogP contribution in [-0.4, -0.2) is 17.0 Å². The molecule has 0 atom stereocenters. The number of rotatable bonds is 6. The van der Waals surface area contributed by atoms with Crippen LogP contribution in [0.5, 0.6) is 0 Å². The summed E-state index contributed by atoms with van der Waals surface area (Å²) in [6, 6.07) is 18.6. The molecule has 3 rings (SSSR count). The van der Waals surface area contributed by atoms with E-state index in [0.29, 0.717) is 10.7 Å². The lowest BCUT2D eigenvalue weighted by Crippen LogP contribution is -2.34. The highest BCUT2D eigenvalue weighted by molar-refractivity contribution is 7.18. The summed E-state index contributed by atoms with van der Waals surface area (Å²) in [5, 5.41) is 10.4. The summed E-state index contributed by atoms with van der Waals surface area (Å²) in [7, 11) is 0. The minimum absolute atomic E-state index is 0.130. The van der Waals surface area contributed by atoms with Gasteiger partial charge in [-0.15, -0.1) is 11.3 Å². The summed E-state index contributed by atoms with van der Waals surface area (Å²) in [6.07, 6.45) is 0. The normalized spacial score (nSPS) is 10.9. The zero-order valence-corrected chi connectivity index (χ0v) is 17.1. The molecule has 0 radical (unpaired) electrons. The molecule has 3 aromatic rings. The molecule has 144 valence electrons. The Hall–Kier alpha value is -2.63. The molecule has 2 aromatic carbocycles. The van der Waals surface area contributed by atoms with Crippen molar-refractivity contribution in [1.29, 1.82) is 0 Å². The van der Waals surface area contributed by atoms with Crippen LogP contribution in [0.15, 0.2) is 60.7 Å². The minimum Gasteiger partial charge on any atom is -0.477 e. The summed E-state index contributed by atoms with van der Waals surface area (Å²) in [4.78, 5) is 27.4. The third-order valence-electron chi connectivity index (χ3n) is 4.27. The monoisotopic (exact) mass is 413 g/mol. The Morgan fingerprint density at radius 1 is 1.07 bits per heavy atom. The number of thiophene rings is 1. The molecule has 0 spiro atoms. The van der Waals surface area contributed by atoms with Gasteiger partial charge in [-0.05, 0) is 29.3 Å². The van der Waals surface area contributed by atoms with Crippen LogP contribution < -0.4 is 4.90 Å². The van der Waals surface area contributed by atoms with Crippen molar-refractivity contribution in [2.24, 2.45) is 5.92 Å². The number of carboxylic acid groups (broad SMARTS) is 1. The first-order valence-corrected chi connectivity index (χ1v) is 10.0. The van der Waals surface area contributed by atoms with E-state index in [4.69, 9.17) is 11.6 Å². The van der Waals surface area contributed by atoms with Crippen LogP contribution in [0, 0.1) is 5.92 Å². The Labute approximate surface area is 173 Å². The third-order valence-corrected chi connectivity index (χ3v) is 5.68. The van der Waals surface area contributed by atoms with E-state index in [-0.39, 0.29) is 23.2 Å². The lowest BCUT2D eigenvalue weighted by Gasteiger charge is -2.24. The van der Waals surface area contributed by atoms with Gasteiger partial charge in [0.05, 0.1) is 12.2 Å². The molecule has 6 heteroatoms. The zero-order chi connectivity index (χ0) is 20.3. The number of carboxylic acids is 1. The van der Waals surface area contributed by atoms with Gasteiger partial charge >= 0.3 is 5.97 Å². The first-order valence-electron chi connectivity index (χ1n) is 8.85. The number of halogens is 1. The largest absolute Gasteiger partial charge is 0.477 e. The standard InChI is InChI=1S/C22H20ClNO3S/c1-14(2)21(25)24(13-15-8-10-17(23)11-9-15)18-12-19(28-20(18)22(26)27)16-6-4-3-5-7-16/h3-12,14H,13H2,1-2H3,(H,26,27). The van der Waals surface area contributed by atoms with Crippen molar-refractivity contribution in [2.75, 3.05) is 4.90 Å². The topological polar surface area (TPSA) is 57.6 Å². The van der Waals surface area contributed by atoms with Gasteiger partial charge in [0.1, 0.15) is 4.88 Å². The van der Waals surface area contributed by atoms with Gasteiger partial charge in [0, 0.05) is 15.8 Å². The van der Waals surface area contributed by atoms with Crippen LogP contribution in [0.1, 0.15) is 29.1 Å². The fourth-order valence-electron chi connectivity index (χ4n) is 2.85. The van der Waals surface area contributed by atoms with Crippen LogP contribution in [0.4, 0.5) is 5.69 Å². The molecule has 0 saturated carbocycles. The zero-order valence-electron chi connectivity index (χ0n) is 15.6. The molecule has 0 aliphatic carbocycles. The number of hydrogen-bond acceptors (Lipinski definition) is 3. The van der Waals surface area contributed by atoms with Crippen LogP contribution in [0.25, 0.3) is 10.4 Å². The van der Waals surface area contributed by atoms with Gasteiger partial charge < -0.3 is 10.0 Å². The molecule has 0 unspecified atom stereocenters. The molecule has 28 heavy (non-hydrogen) atoms. The van der Waals surface area contributed by atoms with E-state index in [2.05, 4.69) is 0 Å². The summed E-state index contributed by atoms with van der Waals surface area (Å²) in [5.74, 6) is -1.44. The minimum atomic E-state index is -1.04. The quantitative estimate of drug-likeness (QED) is 0.542. The van der Waals surface area contributed by atoms with Gasteiger partial charge in [0.15, 0.2) is 0 Å². The number of aromatic carboxylic acids is 1. The second-order valence-electron chi connectivity index (χ2n) is 6.70. The Kier molecular flexibility index (Phi) is 6.17. The number of nitrogens with zero attached hydrogens (tertiary/aromatic N) is 1. The number of amides is 1. The highest BCUT2D eigenvalue weighted by atomic mass is 35.5. The van der Waals surface area contributed by atoms with Crippen molar-refractivity contribution in [3.05, 3.63) is 76.1 Å². The Balaban J connectivity index is 2.07. The van der Waals surface area contributed by atoms with Crippen molar-refractivity contribution in [2.45, 2.75) is 20.4 Å². The fourth-order valence-corrected chi connectivity index (χ4v) is 3.98. The molecular weight excluding hydrogens is 394 g/mol. The van der Waals surface area contributed by atoms with Crippen molar-refractivity contribution >= 4 is 40.5 Å². The maximum Gasteiger partial charge on any atom is 0.348 e. The van der Waals surface area contributed by atoms with E-state index >= 15 is 0 Å². The molecular formula is C22H20ClNO3S. The SMILES string of the molecule is CC(C)C(=O)N(Cc1ccc(Cl)cc1)c1cc(-c2ccccc2)sc1C(=O)O. The third kappa shape index (κ3) is 4.43. The van der Waals surface area contributed by atoms with Crippen molar-refractivity contribution in [3.63, 3.8) is 0 Å². The van der Waals surface area contributed by atoms with Gasteiger partial charge in [-0.1, -0.05) is 67.9 Å². The Morgan fingerprint density at radius 2 is 1.71 bits per heavy atom. The molecule has 0 aliphatic heterocycles. The highest BCUT2D eigenvalue weighted by Gasteiger charge is 2.27. The summed E-state index contributed by atoms with van der Waals surface area (Å²) in [6.45, 7) is 3.89. The first kappa shape index (κ1) is 20.1. The van der Waals surface area contributed by atoms with E-state index < -0.39 is 5.97 Å². The second kappa shape index (κ2) is 8.59. The summed E-state index contributed by atoms with van der Waals surface area (Å²) >= 11 is 7.14. The summed E-state index contributed by atoms with van der Waals surface area (Å²) < 4.78 is 0. The van der Waals surface area contributed by atoms with Crippen molar-refractivity contribution in [3.8, 4) is 10.4 Å². The second-order valence-corrected chi connectivity index (χ2v) is 8.19. The molecule has 0 aliphatic rings. The maximum atomic E-state index is 12.9. The lowest BCUT2D eigenvalue weighted by atomic mass is 10.1. The average Bonchev–Trinajstić information content (AvgIpc) is 3.13. The van der Waals surface area contributed by atoms with Crippen molar-refractivity contribution in [1.82, 2.24) is 0 Å². The Bertz CT molecular complexity index is 981. The molecule has 1 heterocycles. The molecule has 1 N–H and O–H groups in total. The highest BCUT2D eigenvalue weighted by Crippen LogP contribution is 2.38. The number of benzene rings is 2. The van der Waals surface area contributed by atoms with Crippen LogP contribution in [0.3, 0.4) is 0 Å². The fraction of sp³-hybridized carbons (Fsp3) is 0.182. The predicted molar refractivity (Wildman–Crippen MR) is 114 cm³/mol. The smallest absolute Gasteiger partial charge is 0.348 e. The van der Waals surface area contributed by atoms with Gasteiger partial charge in [-0.3, -0.25) is 4.79 Å². The van der Waals surface area contributed by atoms with Crippen LogP contribution >= 0.6 is 22.9 Å². The first-order chi connectivity index (χ1) is 13.4. The molecule has 1 aromatic heterocycles. The van der Waals surface area contributed by atoms with Gasteiger partial charge in [-0.25, -0.2) is 4.79 Å². The van der Waals surface area contributed by atoms with Gasteiger partial charge in [-0.2, -0.15) is 0 Å². The van der Waals surface area contributed by atoms with E-state index in [0.717, 1.165) is 16.0 Å². The maximum absolute atomic E-state index is 12.9. The van der Waals surface area contributed by atoms with E-state index in [1.54, 1.807) is 23.1 Å². The van der Waals surface area contributed by atoms with Gasteiger partial charge in [0.25, 0.3) is 0 Å². The molecule has 0 saturated heterocycles. The molecule has 0 fully saturated rings. The van der Waals surface area contributed by atoms with E-state index in [9.17, 15) is 14.7 Å². The molecule has 4 nitrogen and oxygen atoms in total. The number of carbonyl (C=O) groups excluding carboxylic acids is 1. The van der Waals surface area contributed by atoms with E-state index in [1.807, 2.05) is 56.3 Å². The van der Waals surface area contributed by atoms with Gasteiger partial charge in [0.2, 0.25) is 5.91 Å². The lowest BCUT2D eigenvalue weighted by molar-refractivity contribution is -0.121. The molecule has 1 amide bonds. The van der Waals surface area contributed by atoms with Crippen LogP contribution in [0.2, 0.25) is 5.02 Å². The number of hydrogen-bond donors (Lipinski definition) is 1. The average molecular weight is 414 g/mol. The van der Waals surface area contributed by atoms with E-state index in [1.165, 1.54) is 11.3 Å². The van der Waals surface area contributed by atoms with Crippen molar-refractivity contribution < 1.29 is 14.7 Å². The molecule has 0 bridgehead atoms. The number of carbonyl (C=O) groups is 2. The van der Waals surface area contributed by atoms with Crippen LogP contribution in [-0.2, 0) is 11.3 Å².